The summed E-state index contributed by atoms with van der Waals surface area (Å²) in [6.45, 7) is 6.88. The molecule has 2 rings (SSSR count). The first-order valence-corrected chi connectivity index (χ1v) is 7.87. The van der Waals surface area contributed by atoms with E-state index >= 15 is 0 Å². The SMILES string of the molecule is CCNC(Cc1cccc(OC)c1F)c1sc(C)nc1C. The van der Waals surface area contributed by atoms with Crippen molar-refractivity contribution < 1.29 is 9.13 Å². The summed E-state index contributed by atoms with van der Waals surface area (Å²) in [6.07, 6.45) is 0.583. The van der Waals surface area contributed by atoms with Crippen LogP contribution in [0.2, 0.25) is 0 Å². The number of rotatable bonds is 6. The third kappa shape index (κ3) is 3.60. The lowest BCUT2D eigenvalue weighted by Crippen LogP contribution is -2.23. The van der Waals surface area contributed by atoms with Gasteiger partial charge in [-0.05, 0) is 38.4 Å². The van der Waals surface area contributed by atoms with Crippen molar-refractivity contribution in [3.05, 3.63) is 45.2 Å². The first kappa shape index (κ1) is 15.9. The van der Waals surface area contributed by atoms with Crippen molar-refractivity contribution in [1.29, 1.82) is 0 Å². The van der Waals surface area contributed by atoms with Gasteiger partial charge in [-0.2, -0.15) is 0 Å². The number of hydrogen-bond acceptors (Lipinski definition) is 4. The van der Waals surface area contributed by atoms with Gasteiger partial charge in [0.2, 0.25) is 0 Å². The molecule has 0 aliphatic rings. The molecule has 3 nitrogen and oxygen atoms in total. The molecular weight excluding hydrogens is 287 g/mol. The summed E-state index contributed by atoms with van der Waals surface area (Å²) in [5.41, 5.74) is 1.68. The van der Waals surface area contributed by atoms with Crippen LogP contribution < -0.4 is 10.1 Å². The van der Waals surface area contributed by atoms with Crippen LogP contribution in [-0.4, -0.2) is 18.6 Å². The van der Waals surface area contributed by atoms with Gasteiger partial charge < -0.3 is 10.1 Å². The molecule has 2 aromatic rings. The maximum atomic E-state index is 14.3. The summed E-state index contributed by atoms with van der Waals surface area (Å²) in [6, 6.07) is 5.35. The number of aryl methyl sites for hydroxylation is 2. The molecule has 114 valence electrons. The highest BCUT2D eigenvalue weighted by Gasteiger charge is 2.20. The van der Waals surface area contributed by atoms with E-state index in [2.05, 4.69) is 17.2 Å². The summed E-state index contributed by atoms with van der Waals surface area (Å²) < 4.78 is 19.4. The number of hydrogen-bond donors (Lipinski definition) is 1. The molecule has 1 aromatic heterocycles. The number of halogens is 1. The predicted octanol–water partition coefficient (Wildman–Crippen LogP) is 3.80. The van der Waals surface area contributed by atoms with Crippen LogP contribution in [0, 0.1) is 19.7 Å². The average molecular weight is 308 g/mol. The largest absolute Gasteiger partial charge is 0.494 e. The summed E-state index contributed by atoms with van der Waals surface area (Å²) in [4.78, 5) is 5.65. The summed E-state index contributed by atoms with van der Waals surface area (Å²) in [7, 11) is 1.49. The third-order valence-electron chi connectivity index (χ3n) is 3.39. The molecule has 1 heterocycles. The number of aromatic nitrogens is 1. The molecule has 0 aliphatic carbocycles. The van der Waals surface area contributed by atoms with E-state index in [9.17, 15) is 4.39 Å². The Morgan fingerprint density at radius 3 is 2.71 bits per heavy atom. The van der Waals surface area contributed by atoms with Crippen molar-refractivity contribution >= 4 is 11.3 Å². The first-order chi connectivity index (χ1) is 10.1. The predicted molar refractivity (Wildman–Crippen MR) is 84.7 cm³/mol. The smallest absolute Gasteiger partial charge is 0.168 e. The molecule has 0 saturated carbocycles. The lowest BCUT2D eigenvalue weighted by molar-refractivity contribution is 0.382. The Morgan fingerprint density at radius 2 is 2.14 bits per heavy atom. The number of benzene rings is 1. The van der Waals surface area contributed by atoms with E-state index in [1.54, 1.807) is 17.4 Å². The Balaban J connectivity index is 2.30. The fourth-order valence-corrected chi connectivity index (χ4v) is 3.47. The van der Waals surface area contributed by atoms with Crippen LogP contribution in [0.25, 0.3) is 0 Å². The van der Waals surface area contributed by atoms with Crippen molar-refractivity contribution in [3.63, 3.8) is 0 Å². The molecule has 21 heavy (non-hydrogen) atoms. The highest BCUT2D eigenvalue weighted by Crippen LogP contribution is 2.30. The molecule has 5 heteroatoms. The van der Waals surface area contributed by atoms with Crippen LogP contribution >= 0.6 is 11.3 Å². The second-order valence-electron chi connectivity index (χ2n) is 4.93. The minimum Gasteiger partial charge on any atom is -0.494 e. The van der Waals surface area contributed by atoms with E-state index in [-0.39, 0.29) is 11.9 Å². The quantitative estimate of drug-likeness (QED) is 0.881. The van der Waals surface area contributed by atoms with Crippen molar-refractivity contribution in [2.45, 2.75) is 33.2 Å². The molecule has 0 fully saturated rings. The highest BCUT2D eigenvalue weighted by molar-refractivity contribution is 7.11. The molecule has 1 aromatic carbocycles. The Hall–Kier alpha value is -1.46. The van der Waals surface area contributed by atoms with Crippen LogP contribution in [0.1, 0.15) is 34.1 Å². The van der Waals surface area contributed by atoms with Crippen LogP contribution in [0.5, 0.6) is 5.75 Å². The maximum Gasteiger partial charge on any atom is 0.168 e. The van der Waals surface area contributed by atoms with Gasteiger partial charge in [-0.25, -0.2) is 9.37 Å². The monoisotopic (exact) mass is 308 g/mol. The Morgan fingerprint density at radius 1 is 1.38 bits per heavy atom. The standard InChI is InChI=1S/C16H21FN2OS/c1-5-18-13(16-10(2)19-11(3)21-16)9-12-7-6-8-14(20-4)15(12)17/h6-8,13,18H,5,9H2,1-4H3. The molecule has 0 amide bonds. The first-order valence-electron chi connectivity index (χ1n) is 7.05. The van der Waals surface area contributed by atoms with E-state index in [0.29, 0.717) is 17.7 Å². The zero-order valence-electron chi connectivity index (χ0n) is 12.9. The number of thiazole rings is 1. The topological polar surface area (TPSA) is 34.1 Å². The molecule has 0 saturated heterocycles. The zero-order valence-corrected chi connectivity index (χ0v) is 13.7. The second-order valence-corrected chi connectivity index (χ2v) is 6.17. The van der Waals surface area contributed by atoms with E-state index < -0.39 is 0 Å². The number of nitrogens with one attached hydrogen (secondary N) is 1. The highest BCUT2D eigenvalue weighted by atomic mass is 32.1. The Labute approximate surface area is 129 Å². The van der Waals surface area contributed by atoms with Crippen LogP contribution in [0.4, 0.5) is 4.39 Å². The minimum absolute atomic E-state index is 0.0720. The number of methoxy groups -OCH3 is 1. The van der Waals surface area contributed by atoms with Gasteiger partial charge in [-0.3, -0.25) is 0 Å². The minimum atomic E-state index is -0.276. The van der Waals surface area contributed by atoms with E-state index in [1.165, 1.54) is 12.0 Å². The van der Waals surface area contributed by atoms with Crippen LogP contribution in [-0.2, 0) is 6.42 Å². The summed E-state index contributed by atoms with van der Waals surface area (Å²) in [5.74, 6) is 0.0155. The maximum absolute atomic E-state index is 14.3. The van der Waals surface area contributed by atoms with Gasteiger partial charge in [0.15, 0.2) is 11.6 Å². The lowest BCUT2D eigenvalue weighted by Gasteiger charge is -2.18. The fraction of sp³-hybridized carbons (Fsp3) is 0.438. The van der Waals surface area contributed by atoms with Crippen LogP contribution in [0.3, 0.4) is 0 Å². The molecular formula is C16H21FN2OS. The molecule has 1 atom stereocenters. The molecule has 0 spiro atoms. The number of nitrogens with zero attached hydrogens (tertiary/aromatic N) is 1. The van der Waals surface area contributed by atoms with Crippen LogP contribution in [0.15, 0.2) is 18.2 Å². The molecule has 0 radical (unpaired) electrons. The van der Waals surface area contributed by atoms with Gasteiger partial charge in [0, 0.05) is 10.9 Å². The van der Waals surface area contributed by atoms with Gasteiger partial charge in [0.05, 0.1) is 17.8 Å². The number of ether oxygens (including phenoxy) is 1. The van der Waals surface area contributed by atoms with E-state index in [4.69, 9.17) is 4.74 Å². The third-order valence-corrected chi connectivity index (χ3v) is 4.58. The molecule has 0 aliphatic heterocycles. The molecule has 1 N–H and O–H groups in total. The molecule has 0 bridgehead atoms. The van der Waals surface area contributed by atoms with E-state index in [1.807, 2.05) is 26.0 Å². The normalized spacial score (nSPS) is 12.4. The van der Waals surface area contributed by atoms with Gasteiger partial charge in [-0.15, -0.1) is 11.3 Å². The van der Waals surface area contributed by atoms with Gasteiger partial charge in [0.25, 0.3) is 0 Å². The Bertz CT molecular complexity index is 612. The average Bonchev–Trinajstić information content (AvgIpc) is 2.79. The summed E-state index contributed by atoms with van der Waals surface area (Å²) >= 11 is 1.67. The van der Waals surface area contributed by atoms with Crippen molar-refractivity contribution in [1.82, 2.24) is 10.3 Å². The summed E-state index contributed by atoms with van der Waals surface area (Å²) in [5, 5.41) is 4.47. The van der Waals surface area contributed by atoms with Gasteiger partial charge in [-0.1, -0.05) is 19.1 Å². The van der Waals surface area contributed by atoms with Crippen molar-refractivity contribution in [3.8, 4) is 5.75 Å². The lowest BCUT2D eigenvalue weighted by atomic mass is 10.0. The molecule has 1 unspecified atom stereocenters. The second kappa shape index (κ2) is 7.00. The van der Waals surface area contributed by atoms with Crippen molar-refractivity contribution in [2.24, 2.45) is 0 Å². The fourth-order valence-electron chi connectivity index (χ4n) is 2.47. The Kier molecular flexibility index (Phi) is 5.31. The number of likely N-dealkylation sites (N-methyl/N-ethyl adjacent to an activating group) is 1. The van der Waals surface area contributed by atoms with E-state index in [0.717, 1.165) is 17.2 Å². The van der Waals surface area contributed by atoms with Crippen molar-refractivity contribution in [2.75, 3.05) is 13.7 Å². The van der Waals surface area contributed by atoms with Gasteiger partial charge >= 0.3 is 0 Å². The zero-order chi connectivity index (χ0) is 15.4. The van der Waals surface area contributed by atoms with Gasteiger partial charge in [0.1, 0.15) is 0 Å².